The van der Waals surface area contributed by atoms with Crippen molar-refractivity contribution < 1.29 is 14.3 Å². The first-order chi connectivity index (χ1) is 7.59. The van der Waals surface area contributed by atoms with E-state index in [1.165, 1.54) is 18.4 Å². The first-order valence-corrected chi connectivity index (χ1v) is 5.11. The maximum atomic E-state index is 10.9. The van der Waals surface area contributed by atoms with Crippen molar-refractivity contribution in [1.29, 1.82) is 0 Å². The topological polar surface area (TPSA) is 50.4 Å². The Kier molecular flexibility index (Phi) is 2.90. The Hall–Kier alpha value is -1.45. The van der Waals surface area contributed by atoms with E-state index in [0.29, 0.717) is 11.3 Å². The number of hydrogen-bond acceptors (Lipinski definition) is 2. The molecular formula is C11H6Cl2O3. The Labute approximate surface area is 101 Å². The van der Waals surface area contributed by atoms with Crippen LogP contribution in [0.4, 0.5) is 0 Å². The third-order valence-corrected chi connectivity index (χ3v) is 2.86. The number of carboxylic acid groups (broad SMARTS) is 1. The van der Waals surface area contributed by atoms with Gasteiger partial charge < -0.3 is 9.52 Å². The Morgan fingerprint density at radius 2 is 2.06 bits per heavy atom. The smallest absolute Gasteiger partial charge is 0.335 e. The van der Waals surface area contributed by atoms with Crippen LogP contribution in [0, 0.1) is 0 Å². The van der Waals surface area contributed by atoms with Crippen LogP contribution in [0.1, 0.15) is 10.4 Å². The molecule has 82 valence electrons. The third kappa shape index (κ3) is 1.92. The van der Waals surface area contributed by atoms with Gasteiger partial charge in [0, 0.05) is 5.56 Å². The van der Waals surface area contributed by atoms with Crippen LogP contribution in [0.25, 0.3) is 11.3 Å². The molecule has 0 spiro atoms. The largest absolute Gasteiger partial charge is 0.478 e. The Morgan fingerprint density at radius 3 is 2.62 bits per heavy atom. The van der Waals surface area contributed by atoms with Crippen LogP contribution < -0.4 is 0 Å². The second kappa shape index (κ2) is 4.20. The maximum absolute atomic E-state index is 10.9. The standard InChI is InChI=1S/C11H6Cl2O3/c12-8-5-6(11(14)15)4-7(10(8)13)9-2-1-3-16-9/h1-5H,(H,14,15). The fraction of sp³-hybridized carbons (Fsp3) is 0. The van der Waals surface area contributed by atoms with Gasteiger partial charge in [0.1, 0.15) is 5.76 Å². The van der Waals surface area contributed by atoms with E-state index >= 15 is 0 Å². The van der Waals surface area contributed by atoms with Crippen LogP contribution >= 0.6 is 23.2 Å². The lowest BCUT2D eigenvalue weighted by molar-refractivity contribution is 0.0697. The van der Waals surface area contributed by atoms with E-state index in [1.807, 2.05) is 0 Å². The molecule has 0 atom stereocenters. The van der Waals surface area contributed by atoms with Gasteiger partial charge in [-0.2, -0.15) is 0 Å². The number of hydrogen-bond donors (Lipinski definition) is 1. The molecule has 0 aliphatic rings. The van der Waals surface area contributed by atoms with Crippen molar-refractivity contribution in [2.75, 3.05) is 0 Å². The van der Waals surface area contributed by atoms with Crippen LogP contribution in [-0.4, -0.2) is 11.1 Å². The van der Waals surface area contributed by atoms with Crippen LogP contribution in [0.3, 0.4) is 0 Å². The van der Waals surface area contributed by atoms with Gasteiger partial charge in [0.25, 0.3) is 0 Å². The summed E-state index contributed by atoms with van der Waals surface area (Å²) in [5.74, 6) is -0.582. The monoisotopic (exact) mass is 256 g/mol. The summed E-state index contributed by atoms with van der Waals surface area (Å²) in [6.45, 7) is 0. The molecule has 2 aromatic rings. The summed E-state index contributed by atoms with van der Waals surface area (Å²) < 4.78 is 5.15. The molecule has 0 unspecified atom stereocenters. The fourth-order valence-corrected chi connectivity index (χ4v) is 1.75. The molecule has 0 fully saturated rings. The molecule has 0 bridgehead atoms. The van der Waals surface area contributed by atoms with Gasteiger partial charge in [-0.05, 0) is 24.3 Å². The maximum Gasteiger partial charge on any atom is 0.335 e. The average molecular weight is 257 g/mol. The average Bonchev–Trinajstić information content (AvgIpc) is 2.74. The number of furan rings is 1. The quantitative estimate of drug-likeness (QED) is 0.885. The Morgan fingerprint density at radius 1 is 1.31 bits per heavy atom. The van der Waals surface area contributed by atoms with E-state index in [0.717, 1.165) is 0 Å². The molecule has 0 amide bonds. The van der Waals surface area contributed by atoms with Crippen molar-refractivity contribution in [1.82, 2.24) is 0 Å². The first kappa shape index (κ1) is 11.0. The molecule has 1 heterocycles. The van der Waals surface area contributed by atoms with Crippen LogP contribution in [0.15, 0.2) is 34.9 Å². The van der Waals surface area contributed by atoms with E-state index in [9.17, 15) is 4.79 Å². The molecule has 0 saturated carbocycles. The SMILES string of the molecule is O=C(O)c1cc(Cl)c(Cl)c(-c2ccco2)c1. The molecule has 2 rings (SSSR count). The molecule has 0 aliphatic heterocycles. The summed E-state index contributed by atoms with van der Waals surface area (Å²) in [5.41, 5.74) is 0.539. The molecule has 0 aliphatic carbocycles. The van der Waals surface area contributed by atoms with Gasteiger partial charge in [0.15, 0.2) is 0 Å². The van der Waals surface area contributed by atoms with Gasteiger partial charge in [-0.3, -0.25) is 0 Å². The third-order valence-electron chi connectivity index (χ3n) is 2.06. The van der Waals surface area contributed by atoms with Crippen molar-refractivity contribution in [3.05, 3.63) is 46.1 Å². The molecule has 0 saturated heterocycles. The molecule has 3 nitrogen and oxygen atoms in total. The summed E-state index contributed by atoms with van der Waals surface area (Å²) >= 11 is 11.8. The summed E-state index contributed by atoms with van der Waals surface area (Å²) in [6, 6.07) is 6.10. The Balaban J connectivity index is 2.65. The lowest BCUT2D eigenvalue weighted by Crippen LogP contribution is -1.96. The molecule has 0 radical (unpaired) electrons. The van der Waals surface area contributed by atoms with E-state index in [2.05, 4.69) is 0 Å². The van der Waals surface area contributed by atoms with E-state index < -0.39 is 5.97 Å². The van der Waals surface area contributed by atoms with Gasteiger partial charge in [0.05, 0.1) is 21.9 Å². The molecule has 1 aromatic carbocycles. The summed E-state index contributed by atoms with van der Waals surface area (Å²) in [7, 11) is 0. The zero-order valence-electron chi connectivity index (χ0n) is 7.91. The van der Waals surface area contributed by atoms with Crippen LogP contribution in [-0.2, 0) is 0 Å². The van der Waals surface area contributed by atoms with Crippen LogP contribution in [0.5, 0.6) is 0 Å². The van der Waals surface area contributed by atoms with Crippen molar-refractivity contribution in [3.63, 3.8) is 0 Å². The number of halogens is 2. The van der Waals surface area contributed by atoms with Crippen molar-refractivity contribution in [3.8, 4) is 11.3 Å². The zero-order chi connectivity index (χ0) is 11.7. The van der Waals surface area contributed by atoms with Crippen molar-refractivity contribution in [2.45, 2.75) is 0 Å². The number of carboxylic acids is 1. The van der Waals surface area contributed by atoms with Crippen molar-refractivity contribution >= 4 is 29.2 Å². The minimum absolute atomic E-state index is 0.0702. The molecule has 1 N–H and O–H groups in total. The van der Waals surface area contributed by atoms with Gasteiger partial charge in [-0.25, -0.2) is 4.79 Å². The second-order valence-corrected chi connectivity index (χ2v) is 3.89. The fourth-order valence-electron chi connectivity index (χ4n) is 1.32. The predicted molar refractivity (Wildman–Crippen MR) is 61.1 cm³/mol. The zero-order valence-corrected chi connectivity index (χ0v) is 9.42. The lowest BCUT2D eigenvalue weighted by atomic mass is 10.1. The highest BCUT2D eigenvalue weighted by Crippen LogP contribution is 2.35. The number of rotatable bonds is 2. The second-order valence-electron chi connectivity index (χ2n) is 3.10. The summed E-state index contributed by atoms with van der Waals surface area (Å²) in [5, 5.41) is 9.36. The summed E-state index contributed by atoms with van der Waals surface area (Å²) in [6.07, 6.45) is 1.48. The van der Waals surface area contributed by atoms with Gasteiger partial charge in [0.2, 0.25) is 0 Å². The molecule has 16 heavy (non-hydrogen) atoms. The number of carbonyl (C=O) groups is 1. The number of aromatic carboxylic acids is 1. The van der Waals surface area contributed by atoms with E-state index in [4.69, 9.17) is 32.7 Å². The lowest BCUT2D eigenvalue weighted by Gasteiger charge is -2.05. The predicted octanol–water partition coefficient (Wildman–Crippen LogP) is 3.95. The highest BCUT2D eigenvalue weighted by atomic mass is 35.5. The highest BCUT2D eigenvalue weighted by molar-refractivity contribution is 6.44. The van der Waals surface area contributed by atoms with E-state index in [-0.39, 0.29) is 15.6 Å². The first-order valence-electron chi connectivity index (χ1n) is 4.36. The van der Waals surface area contributed by atoms with Crippen molar-refractivity contribution in [2.24, 2.45) is 0 Å². The van der Waals surface area contributed by atoms with Crippen LogP contribution in [0.2, 0.25) is 10.0 Å². The Bertz CT molecular complexity index is 532. The molecule has 5 heteroatoms. The number of benzene rings is 1. The molecular weight excluding hydrogens is 251 g/mol. The minimum Gasteiger partial charge on any atom is -0.478 e. The highest BCUT2D eigenvalue weighted by Gasteiger charge is 2.14. The normalized spacial score (nSPS) is 10.4. The summed E-state index contributed by atoms with van der Waals surface area (Å²) in [4.78, 5) is 10.9. The van der Waals surface area contributed by atoms with Gasteiger partial charge in [-0.15, -0.1) is 0 Å². The minimum atomic E-state index is -1.06. The van der Waals surface area contributed by atoms with Gasteiger partial charge >= 0.3 is 5.97 Å². The van der Waals surface area contributed by atoms with E-state index in [1.54, 1.807) is 12.1 Å². The molecule has 1 aromatic heterocycles. The van der Waals surface area contributed by atoms with Gasteiger partial charge in [-0.1, -0.05) is 23.2 Å².